The van der Waals surface area contributed by atoms with Crippen LogP contribution in [-0.4, -0.2) is 32.5 Å². The largest absolute Gasteiger partial charge is 4.00 e. The summed E-state index contributed by atoms with van der Waals surface area (Å²) in [6, 6.07) is 12.2. The predicted octanol–water partition coefficient (Wildman–Crippen LogP) is 5.74. The van der Waals surface area contributed by atoms with Crippen molar-refractivity contribution in [3.63, 3.8) is 0 Å². The third kappa shape index (κ3) is 28.0. The Morgan fingerprint density at radius 2 is 1.06 bits per heavy atom. The molecule has 2 N–H and O–H groups in total. The summed E-state index contributed by atoms with van der Waals surface area (Å²) in [5, 5.41) is 6.13. The van der Waals surface area contributed by atoms with E-state index in [0.717, 1.165) is 48.7 Å². The summed E-state index contributed by atoms with van der Waals surface area (Å²) in [5.41, 5.74) is 4.41. The maximum Gasteiger partial charge on any atom is 4.00 e. The summed E-state index contributed by atoms with van der Waals surface area (Å²) in [7, 11) is 3.85. The van der Waals surface area contributed by atoms with Gasteiger partial charge < -0.3 is 32.4 Å². The fraction of sp³-hybridized carbons (Fsp3) is 0.480. The van der Waals surface area contributed by atoms with Crippen LogP contribution in [0.5, 0.6) is 0 Å². The summed E-state index contributed by atoms with van der Waals surface area (Å²) in [6.45, 7) is 15.6. The van der Waals surface area contributed by atoms with Crippen LogP contribution in [0.15, 0.2) is 36.4 Å². The van der Waals surface area contributed by atoms with Crippen molar-refractivity contribution in [1.82, 2.24) is 20.6 Å². The summed E-state index contributed by atoms with van der Waals surface area (Å²) in [6.07, 6.45) is 1.77. The Hall–Kier alpha value is 0.0122. The molecule has 0 aliphatic rings. The van der Waals surface area contributed by atoms with Crippen LogP contribution in [0.3, 0.4) is 0 Å². The zero-order valence-electron chi connectivity index (χ0n) is 21.4. The molecular formula is C25H49BN4RuY+. The molecule has 0 aliphatic carbocycles. The first-order valence-electron chi connectivity index (χ1n) is 9.71. The third-order valence-electron chi connectivity index (χ3n) is 3.06. The van der Waals surface area contributed by atoms with Crippen molar-refractivity contribution in [2.45, 2.75) is 68.0 Å². The topological polar surface area (TPSA) is 49.8 Å². The molecule has 2 heterocycles. The molecule has 2 aromatic heterocycles. The molecule has 0 spiro atoms. The van der Waals surface area contributed by atoms with Crippen molar-refractivity contribution in [2.24, 2.45) is 0 Å². The summed E-state index contributed by atoms with van der Waals surface area (Å²) < 4.78 is 0. The van der Waals surface area contributed by atoms with Crippen molar-refractivity contribution in [3.8, 4) is 0 Å². The second-order valence-corrected chi connectivity index (χ2v) is 4.90. The third-order valence-corrected chi connectivity index (χ3v) is 3.06. The van der Waals surface area contributed by atoms with Crippen LogP contribution >= 0.6 is 0 Å². The molecule has 4 radical (unpaired) electrons. The molecule has 32 heavy (non-hydrogen) atoms. The van der Waals surface area contributed by atoms with Crippen LogP contribution in [0.2, 0.25) is 0 Å². The van der Waals surface area contributed by atoms with Gasteiger partial charge in [-0.3, -0.25) is 9.97 Å². The van der Waals surface area contributed by atoms with E-state index in [0.29, 0.717) is 0 Å². The molecule has 2 rings (SSSR count). The molecule has 0 amide bonds. The van der Waals surface area contributed by atoms with Gasteiger partial charge in [-0.05, 0) is 44.8 Å². The second kappa shape index (κ2) is 41.3. The zero-order chi connectivity index (χ0) is 20.2. The van der Waals surface area contributed by atoms with E-state index >= 15 is 0 Å². The molecule has 0 aliphatic heterocycles. The summed E-state index contributed by atoms with van der Waals surface area (Å²) in [4.78, 5) is 8.77. The van der Waals surface area contributed by atoms with Crippen molar-refractivity contribution in [2.75, 3.05) is 14.1 Å². The fourth-order valence-electron chi connectivity index (χ4n) is 1.95. The molecule has 0 atom stereocenters. The van der Waals surface area contributed by atoms with Crippen molar-refractivity contribution in [1.29, 1.82) is 0 Å². The Balaban J connectivity index is -0.0000000446. The van der Waals surface area contributed by atoms with E-state index in [1.165, 1.54) is 0 Å². The van der Waals surface area contributed by atoms with Crippen LogP contribution in [0.1, 0.15) is 64.8 Å². The van der Waals surface area contributed by atoms with Crippen LogP contribution in [0.25, 0.3) is 0 Å². The number of pyridine rings is 2. The molecular weight excluding hydrogens is 557 g/mol. The Kier molecular flexibility index (Phi) is 68.9. The standard InChI is InChI=1S/C9H14N2.C9H13N2.2C2H6.CH4.2CH3.B.Ru.Y/c2*1-3-8-5-4-6-9(11-8)7-10-2;2*1-2;;;;;;/h4-6,10H,3,7H2,1-2H3;4-6,10H,1,3,7H2,2H3;2*1-2H3;1H4;2*1H3;;;/q;-1;;;;2*-1;;+4;. The minimum absolute atomic E-state index is 0. The van der Waals surface area contributed by atoms with Gasteiger partial charge in [-0.15, -0.1) is 6.42 Å². The Morgan fingerprint density at radius 1 is 0.750 bits per heavy atom. The van der Waals surface area contributed by atoms with Gasteiger partial charge in [-0.25, -0.2) is 0 Å². The molecule has 0 unspecified atom stereocenters. The van der Waals surface area contributed by atoms with Crippen LogP contribution in [-0.2, 0) is 78.1 Å². The molecule has 4 nitrogen and oxygen atoms in total. The molecule has 0 bridgehead atoms. The van der Waals surface area contributed by atoms with Gasteiger partial charge in [0.05, 0.1) is 11.4 Å². The van der Waals surface area contributed by atoms with Gasteiger partial charge in [0.1, 0.15) is 0 Å². The molecule has 182 valence electrons. The minimum Gasteiger partial charge on any atom is -0.358 e. The average Bonchev–Trinajstić information content (AvgIpc) is 2.72. The average molecular weight is 606 g/mol. The van der Waals surface area contributed by atoms with E-state index in [4.69, 9.17) is 0 Å². The number of nitrogens with zero attached hydrogens (tertiary/aromatic N) is 2. The van der Waals surface area contributed by atoms with Gasteiger partial charge in [0.25, 0.3) is 0 Å². The first-order chi connectivity index (χ1) is 12.7. The molecule has 0 saturated carbocycles. The number of rotatable bonds is 6. The maximum atomic E-state index is 4.42. The monoisotopic (exact) mass is 607 g/mol. The van der Waals surface area contributed by atoms with Crippen LogP contribution in [0.4, 0.5) is 0 Å². The second-order valence-electron chi connectivity index (χ2n) is 4.90. The molecule has 7 heteroatoms. The van der Waals surface area contributed by atoms with E-state index in [9.17, 15) is 0 Å². The van der Waals surface area contributed by atoms with Crippen molar-refractivity contribution >= 4 is 8.41 Å². The Morgan fingerprint density at radius 3 is 1.38 bits per heavy atom. The van der Waals surface area contributed by atoms with E-state index in [1.807, 2.05) is 66.1 Å². The van der Waals surface area contributed by atoms with E-state index in [2.05, 4.69) is 46.6 Å². The van der Waals surface area contributed by atoms with Gasteiger partial charge in [-0.1, -0.05) is 54.2 Å². The quantitative estimate of drug-likeness (QED) is 0.325. The predicted molar refractivity (Wildman–Crippen MR) is 140 cm³/mol. The van der Waals surface area contributed by atoms with E-state index in [1.54, 1.807) is 0 Å². The van der Waals surface area contributed by atoms with Crippen LogP contribution in [0, 0.1) is 21.8 Å². The maximum absolute atomic E-state index is 4.42. The van der Waals surface area contributed by atoms with Gasteiger partial charge in [0, 0.05) is 65.6 Å². The smallest absolute Gasteiger partial charge is 0.358 e. The van der Waals surface area contributed by atoms with Gasteiger partial charge in [-0.2, -0.15) is 0 Å². The molecule has 2 aromatic rings. The van der Waals surface area contributed by atoms with Crippen molar-refractivity contribution in [3.05, 3.63) is 81.0 Å². The van der Waals surface area contributed by atoms with E-state index < -0.39 is 0 Å². The first-order valence-corrected chi connectivity index (χ1v) is 9.71. The minimum atomic E-state index is 0. The molecule has 0 saturated heterocycles. The Bertz CT molecular complexity index is 511. The summed E-state index contributed by atoms with van der Waals surface area (Å²) in [5.74, 6) is 0. The zero-order valence-corrected chi connectivity index (χ0v) is 26.0. The van der Waals surface area contributed by atoms with Crippen molar-refractivity contribution < 1.29 is 52.2 Å². The number of aryl methyl sites for hydroxylation is 1. The molecule has 0 fully saturated rings. The molecule has 0 aromatic carbocycles. The van der Waals surface area contributed by atoms with E-state index in [-0.39, 0.29) is 82.9 Å². The number of aromatic nitrogens is 2. The van der Waals surface area contributed by atoms with Crippen LogP contribution < -0.4 is 10.6 Å². The first kappa shape index (κ1) is 53.4. The normalized spacial score (nSPS) is 7.25. The Labute approximate surface area is 242 Å². The number of nitrogens with one attached hydrogen (secondary N) is 2. The summed E-state index contributed by atoms with van der Waals surface area (Å²) >= 11 is 0. The number of hydrogen-bond acceptors (Lipinski definition) is 4. The van der Waals surface area contributed by atoms with Gasteiger partial charge >= 0.3 is 19.5 Å². The van der Waals surface area contributed by atoms with Gasteiger partial charge in [0.15, 0.2) is 0 Å². The number of hydrogen-bond donors (Lipinski definition) is 2. The van der Waals surface area contributed by atoms with Gasteiger partial charge in [0.2, 0.25) is 0 Å². The fourth-order valence-corrected chi connectivity index (χ4v) is 1.95. The SMILES string of the molecule is C.CC.CC.CCc1cccc(CNC)n1.[B].[CH2-]Cc1cccc(CNC)n1.[CH3-].[CH3-].[Ru+4].[Y].